The number of nitrogens with one attached hydrogen (secondary N) is 1. The number of carbonyl (C=O) groups is 2. The summed E-state index contributed by atoms with van der Waals surface area (Å²) in [5.41, 5.74) is 0.735. The molecule has 8 heteroatoms. The molecule has 1 aliphatic heterocycles. The number of rotatable bonds is 4. The highest BCUT2D eigenvalue weighted by Crippen LogP contribution is 2.34. The maximum atomic E-state index is 12.4. The van der Waals surface area contributed by atoms with Crippen molar-refractivity contribution in [3.05, 3.63) is 34.3 Å². The Morgan fingerprint density at radius 3 is 2.65 bits per heavy atom. The highest BCUT2D eigenvalue weighted by atomic mass is 35.5. The van der Waals surface area contributed by atoms with Gasteiger partial charge in [0, 0.05) is 36.0 Å². The fourth-order valence-corrected chi connectivity index (χ4v) is 3.82. The minimum atomic E-state index is -0.0887. The fraction of sp³-hybridized carbons (Fsp3) is 0.444. The molecular formula is C18H21ClN4O2S. The van der Waals surface area contributed by atoms with Crippen molar-refractivity contribution in [1.82, 2.24) is 10.2 Å². The normalized spacial score (nSPS) is 17.6. The lowest BCUT2D eigenvalue weighted by atomic mass is 9.92. The molecule has 1 saturated heterocycles. The molecule has 1 N–H and O–H groups in total. The maximum absolute atomic E-state index is 12.4. The van der Waals surface area contributed by atoms with Crippen molar-refractivity contribution in [2.75, 3.05) is 16.8 Å². The van der Waals surface area contributed by atoms with E-state index in [4.69, 9.17) is 11.6 Å². The number of nitrogens with zero attached hydrogens (tertiary/aromatic N) is 3. The van der Waals surface area contributed by atoms with Crippen LogP contribution in [0.5, 0.6) is 0 Å². The van der Waals surface area contributed by atoms with E-state index in [2.05, 4.69) is 15.5 Å². The number of benzene rings is 1. The zero-order valence-corrected chi connectivity index (χ0v) is 16.5. The number of amides is 2. The van der Waals surface area contributed by atoms with Gasteiger partial charge in [-0.25, -0.2) is 0 Å². The van der Waals surface area contributed by atoms with Gasteiger partial charge in [-0.2, -0.15) is 0 Å². The van der Waals surface area contributed by atoms with Gasteiger partial charge in [0.1, 0.15) is 5.01 Å². The van der Waals surface area contributed by atoms with Gasteiger partial charge in [-0.3, -0.25) is 9.59 Å². The number of hydrogen-bond donors (Lipinski definition) is 1. The van der Waals surface area contributed by atoms with Crippen LogP contribution >= 0.6 is 22.9 Å². The monoisotopic (exact) mass is 392 g/mol. The average Bonchev–Trinajstić information content (AvgIpc) is 3.13. The number of halogens is 1. The van der Waals surface area contributed by atoms with Gasteiger partial charge in [0.15, 0.2) is 0 Å². The molecule has 1 aromatic heterocycles. The van der Waals surface area contributed by atoms with Crippen molar-refractivity contribution in [3.8, 4) is 0 Å². The molecule has 3 rings (SSSR count). The number of hydrogen-bond acceptors (Lipinski definition) is 5. The third-order valence-corrected chi connectivity index (χ3v) is 5.24. The summed E-state index contributed by atoms with van der Waals surface area (Å²) in [5.74, 6) is -0.0553. The zero-order chi connectivity index (χ0) is 18.9. The molecule has 0 spiro atoms. The van der Waals surface area contributed by atoms with Crippen molar-refractivity contribution in [1.29, 1.82) is 0 Å². The number of aromatic nitrogens is 2. The molecular weight excluding hydrogens is 372 g/mol. The molecule has 1 aliphatic rings. The summed E-state index contributed by atoms with van der Waals surface area (Å²) in [6.45, 7) is 6.57. The Labute approximate surface area is 161 Å². The van der Waals surface area contributed by atoms with E-state index in [-0.39, 0.29) is 23.1 Å². The van der Waals surface area contributed by atoms with E-state index in [0.717, 1.165) is 10.7 Å². The van der Waals surface area contributed by atoms with Gasteiger partial charge in [-0.1, -0.05) is 43.7 Å². The summed E-state index contributed by atoms with van der Waals surface area (Å²) in [5, 5.41) is 12.9. The average molecular weight is 393 g/mol. The van der Waals surface area contributed by atoms with Crippen LogP contribution in [-0.4, -0.2) is 28.6 Å². The van der Waals surface area contributed by atoms with Crippen LogP contribution in [0.15, 0.2) is 24.3 Å². The lowest BCUT2D eigenvalue weighted by molar-refractivity contribution is -0.118. The molecule has 2 aromatic rings. The van der Waals surface area contributed by atoms with E-state index in [1.807, 2.05) is 32.9 Å². The molecule has 6 nitrogen and oxygen atoms in total. The summed E-state index contributed by atoms with van der Waals surface area (Å²) in [6, 6.07) is 7.21. The molecule has 0 radical (unpaired) electrons. The van der Waals surface area contributed by atoms with Gasteiger partial charge in [-0.05, 0) is 29.7 Å². The Bertz CT molecular complexity index is 813. The maximum Gasteiger partial charge on any atom is 0.227 e. The van der Waals surface area contributed by atoms with E-state index in [1.165, 1.54) is 11.3 Å². The predicted octanol–water partition coefficient (Wildman–Crippen LogP) is 4.09. The van der Waals surface area contributed by atoms with Crippen LogP contribution < -0.4 is 10.2 Å². The minimum absolute atomic E-state index is 0.0241. The molecule has 2 amide bonds. The van der Waals surface area contributed by atoms with Crippen LogP contribution in [0.4, 0.5) is 10.8 Å². The number of anilines is 2. The lowest BCUT2D eigenvalue weighted by Crippen LogP contribution is -2.24. The van der Waals surface area contributed by atoms with Crippen molar-refractivity contribution in [3.63, 3.8) is 0 Å². The van der Waals surface area contributed by atoms with Crippen molar-refractivity contribution >= 4 is 45.6 Å². The topological polar surface area (TPSA) is 75.2 Å². The molecule has 2 heterocycles. The molecule has 26 heavy (non-hydrogen) atoms. The largest absolute Gasteiger partial charge is 0.312 e. The second-order valence-corrected chi connectivity index (χ2v) is 9.06. The van der Waals surface area contributed by atoms with Crippen molar-refractivity contribution < 1.29 is 9.59 Å². The van der Waals surface area contributed by atoms with Gasteiger partial charge in [0.25, 0.3) is 0 Å². The Kier molecular flexibility index (Phi) is 5.29. The molecule has 1 aromatic carbocycles. The molecule has 1 unspecified atom stereocenters. The van der Waals surface area contributed by atoms with E-state index in [1.54, 1.807) is 17.0 Å². The van der Waals surface area contributed by atoms with Crippen LogP contribution in [0.25, 0.3) is 0 Å². The summed E-state index contributed by atoms with van der Waals surface area (Å²) in [4.78, 5) is 26.1. The minimum Gasteiger partial charge on any atom is -0.312 e. The molecule has 0 aliphatic carbocycles. The Morgan fingerprint density at radius 2 is 2.00 bits per heavy atom. The molecule has 1 atom stereocenters. The summed E-state index contributed by atoms with van der Waals surface area (Å²) >= 11 is 7.24. The van der Waals surface area contributed by atoms with Gasteiger partial charge < -0.3 is 10.2 Å². The smallest absolute Gasteiger partial charge is 0.227 e. The molecule has 0 bridgehead atoms. The van der Waals surface area contributed by atoms with Gasteiger partial charge in [-0.15, -0.1) is 10.2 Å². The predicted molar refractivity (Wildman–Crippen MR) is 104 cm³/mol. The highest BCUT2D eigenvalue weighted by molar-refractivity contribution is 7.15. The summed E-state index contributed by atoms with van der Waals surface area (Å²) in [7, 11) is 0. The highest BCUT2D eigenvalue weighted by Gasteiger charge is 2.34. The Balaban J connectivity index is 1.65. The summed E-state index contributed by atoms with van der Waals surface area (Å²) < 4.78 is 0. The van der Waals surface area contributed by atoms with Gasteiger partial charge in [0.05, 0.1) is 0 Å². The first-order chi connectivity index (χ1) is 12.2. The quantitative estimate of drug-likeness (QED) is 0.850. The van der Waals surface area contributed by atoms with Gasteiger partial charge >= 0.3 is 0 Å². The molecule has 1 fully saturated rings. The first-order valence-corrected chi connectivity index (χ1v) is 9.60. The Hall–Kier alpha value is -1.99. The number of carbonyl (C=O) groups excluding carboxylic acids is 2. The molecule has 138 valence electrons. The van der Waals surface area contributed by atoms with Crippen LogP contribution in [0, 0.1) is 5.41 Å². The van der Waals surface area contributed by atoms with E-state index >= 15 is 0 Å². The van der Waals surface area contributed by atoms with Crippen molar-refractivity contribution in [2.24, 2.45) is 5.41 Å². The van der Waals surface area contributed by atoms with E-state index < -0.39 is 0 Å². The second-order valence-electron chi connectivity index (χ2n) is 7.61. The fourth-order valence-electron chi connectivity index (χ4n) is 2.84. The van der Waals surface area contributed by atoms with Crippen LogP contribution in [0.1, 0.15) is 44.5 Å². The first kappa shape index (κ1) is 18.8. The third kappa shape index (κ3) is 4.59. The van der Waals surface area contributed by atoms with Crippen LogP contribution in [-0.2, 0) is 9.59 Å². The van der Waals surface area contributed by atoms with Gasteiger partial charge in [0.2, 0.25) is 16.9 Å². The second kappa shape index (κ2) is 7.32. The van der Waals surface area contributed by atoms with E-state index in [9.17, 15) is 9.59 Å². The molecule has 0 saturated carbocycles. The van der Waals surface area contributed by atoms with Crippen LogP contribution in [0.3, 0.4) is 0 Å². The van der Waals surface area contributed by atoms with E-state index in [0.29, 0.717) is 29.5 Å². The lowest BCUT2D eigenvalue weighted by Gasteiger charge is -2.16. The standard InChI is InChI=1S/C18H21ClN4O2S/c1-18(2,3)9-14(24)20-17-22-21-16(26-17)11-8-15(25)23(10-11)13-6-4-12(19)5-7-13/h4-7,11H,8-10H2,1-3H3,(H,20,22,24). The van der Waals surface area contributed by atoms with Crippen LogP contribution in [0.2, 0.25) is 5.02 Å². The Morgan fingerprint density at radius 1 is 1.31 bits per heavy atom. The third-order valence-electron chi connectivity index (χ3n) is 3.99. The SMILES string of the molecule is CC(C)(C)CC(=O)Nc1nnc(C2CC(=O)N(c3ccc(Cl)cc3)C2)s1. The van der Waals surface area contributed by atoms with Crippen molar-refractivity contribution in [2.45, 2.75) is 39.5 Å². The summed E-state index contributed by atoms with van der Waals surface area (Å²) in [6.07, 6.45) is 0.793. The zero-order valence-electron chi connectivity index (χ0n) is 15.0. The first-order valence-electron chi connectivity index (χ1n) is 8.40.